The van der Waals surface area contributed by atoms with E-state index >= 15 is 0 Å². The monoisotopic (exact) mass is 391 g/mol. The number of carbonyl (C=O) groups excluding carboxylic acids is 1. The summed E-state index contributed by atoms with van der Waals surface area (Å²) in [7, 11) is 0. The average molecular weight is 391 g/mol. The fourth-order valence-corrected chi connectivity index (χ4v) is 3.71. The van der Waals surface area contributed by atoms with Crippen LogP contribution >= 0.6 is 0 Å². The van der Waals surface area contributed by atoms with Gasteiger partial charge in [0.15, 0.2) is 17.3 Å². The molecular weight excluding hydrogens is 370 g/mol. The van der Waals surface area contributed by atoms with E-state index in [1.54, 1.807) is 24.5 Å². The first-order valence-corrected chi connectivity index (χ1v) is 9.67. The molecule has 1 aromatic carbocycles. The van der Waals surface area contributed by atoms with Crippen molar-refractivity contribution in [2.24, 2.45) is 0 Å². The van der Waals surface area contributed by atoms with Gasteiger partial charge in [0.25, 0.3) is 5.91 Å². The number of H-pyrrole nitrogens is 1. The highest BCUT2D eigenvalue weighted by atomic mass is 16.7. The Balaban J connectivity index is 1.28. The number of anilines is 1. The summed E-state index contributed by atoms with van der Waals surface area (Å²) in [5, 5.41) is 7.61. The minimum absolute atomic E-state index is 0.0531. The Bertz CT molecular complexity index is 1020. The van der Waals surface area contributed by atoms with Gasteiger partial charge in [-0.25, -0.2) is 0 Å². The number of carbonyl (C=O) groups is 1. The zero-order valence-electron chi connectivity index (χ0n) is 15.9. The molecule has 1 N–H and O–H groups in total. The molecule has 1 amide bonds. The van der Waals surface area contributed by atoms with E-state index < -0.39 is 0 Å². The lowest BCUT2D eigenvalue weighted by Gasteiger charge is -2.21. The van der Waals surface area contributed by atoms with E-state index in [0.717, 1.165) is 54.6 Å². The Morgan fingerprint density at radius 2 is 1.83 bits per heavy atom. The third kappa shape index (κ3) is 3.49. The fraction of sp³-hybridized carbons (Fsp3) is 0.286. The van der Waals surface area contributed by atoms with Gasteiger partial charge in [0.2, 0.25) is 6.79 Å². The number of benzene rings is 1. The lowest BCUT2D eigenvalue weighted by molar-refractivity contribution is 0.0767. The predicted octanol–water partition coefficient (Wildman–Crippen LogP) is 2.55. The molecule has 4 heterocycles. The highest BCUT2D eigenvalue weighted by Gasteiger charge is 2.22. The minimum Gasteiger partial charge on any atom is -0.454 e. The predicted molar refractivity (Wildman–Crippen MR) is 107 cm³/mol. The molecule has 2 aliphatic rings. The fourth-order valence-electron chi connectivity index (χ4n) is 3.71. The number of aromatic amines is 1. The molecule has 2 aliphatic heterocycles. The summed E-state index contributed by atoms with van der Waals surface area (Å²) in [6.07, 6.45) is 4.19. The molecule has 3 aromatic rings. The second-order valence-corrected chi connectivity index (χ2v) is 7.08. The maximum Gasteiger partial charge on any atom is 0.254 e. The summed E-state index contributed by atoms with van der Waals surface area (Å²) in [6.45, 7) is 3.24. The molecule has 1 fully saturated rings. The van der Waals surface area contributed by atoms with Crippen LogP contribution in [-0.4, -0.2) is 59.0 Å². The second-order valence-electron chi connectivity index (χ2n) is 7.08. The summed E-state index contributed by atoms with van der Waals surface area (Å²) in [5.41, 5.74) is 2.60. The normalized spacial score (nSPS) is 16.0. The molecule has 1 saturated heterocycles. The molecule has 148 valence electrons. The third-order valence-corrected chi connectivity index (χ3v) is 5.28. The number of fused-ring (bicyclic) bond motifs is 1. The molecule has 2 aromatic heterocycles. The molecule has 0 aliphatic carbocycles. The van der Waals surface area contributed by atoms with Crippen LogP contribution in [-0.2, 0) is 0 Å². The smallest absolute Gasteiger partial charge is 0.254 e. The number of hydrogen-bond acceptors (Lipinski definition) is 6. The first-order valence-electron chi connectivity index (χ1n) is 9.67. The Morgan fingerprint density at radius 1 is 0.966 bits per heavy atom. The van der Waals surface area contributed by atoms with Crippen LogP contribution in [0.25, 0.3) is 11.3 Å². The van der Waals surface area contributed by atoms with Crippen LogP contribution in [0.2, 0.25) is 0 Å². The highest BCUT2D eigenvalue weighted by Crippen LogP contribution is 2.36. The van der Waals surface area contributed by atoms with Crippen LogP contribution in [0.1, 0.15) is 16.8 Å². The van der Waals surface area contributed by atoms with Crippen LogP contribution in [0, 0.1) is 0 Å². The molecule has 29 heavy (non-hydrogen) atoms. The largest absolute Gasteiger partial charge is 0.454 e. The maximum atomic E-state index is 12.7. The van der Waals surface area contributed by atoms with Crippen LogP contribution in [0.3, 0.4) is 0 Å². The van der Waals surface area contributed by atoms with E-state index in [2.05, 4.69) is 20.1 Å². The first kappa shape index (κ1) is 17.5. The summed E-state index contributed by atoms with van der Waals surface area (Å²) in [5.74, 6) is 2.45. The van der Waals surface area contributed by atoms with Crippen molar-refractivity contribution >= 4 is 11.7 Å². The van der Waals surface area contributed by atoms with E-state index in [1.165, 1.54) is 0 Å². The minimum atomic E-state index is 0.0531. The van der Waals surface area contributed by atoms with Crippen LogP contribution in [0.5, 0.6) is 11.5 Å². The molecule has 0 atom stereocenters. The summed E-state index contributed by atoms with van der Waals surface area (Å²) < 4.78 is 10.8. The second kappa shape index (κ2) is 7.46. The Kier molecular flexibility index (Phi) is 4.51. The van der Waals surface area contributed by atoms with Crippen molar-refractivity contribution in [1.29, 1.82) is 0 Å². The van der Waals surface area contributed by atoms with Crippen molar-refractivity contribution in [3.8, 4) is 22.8 Å². The van der Waals surface area contributed by atoms with E-state index in [4.69, 9.17) is 9.47 Å². The van der Waals surface area contributed by atoms with Gasteiger partial charge in [0, 0.05) is 55.8 Å². The van der Waals surface area contributed by atoms with E-state index in [0.29, 0.717) is 12.1 Å². The van der Waals surface area contributed by atoms with E-state index in [-0.39, 0.29) is 12.7 Å². The Morgan fingerprint density at radius 3 is 2.72 bits per heavy atom. The molecular formula is C21H21N5O3. The van der Waals surface area contributed by atoms with Gasteiger partial charge in [-0.05, 0) is 36.8 Å². The Labute approximate surface area is 168 Å². The van der Waals surface area contributed by atoms with Gasteiger partial charge in [0.05, 0.1) is 5.69 Å². The molecule has 8 nitrogen and oxygen atoms in total. The van der Waals surface area contributed by atoms with Crippen LogP contribution in [0.15, 0.2) is 48.8 Å². The lowest BCUT2D eigenvalue weighted by atomic mass is 10.1. The first-order chi connectivity index (χ1) is 14.3. The molecule has 0 unspecified atom stereocenters. The summed E-state index contributed by atoms with van der Waals surface area (Å²) >= 11 is 0. The van der Waals surface area contributed by atoms with Gasteiger partial charge in [0.1, 0.15) is 0 Å². The van der Waals surface area contributed by atoms with Gasteiger partial charge in [-0.2, -0.15) is 5.10 Å². The lowest BCUT2D eigenvalue weighted by Crippen LogP contribution is -2.35. The molecule has 0 spiro atoms. The molecule has 0 radical (unpaired) electrons. The van der Waals surface area contributed by atoms with Gasteiger partial charge < -0.3 is 19.3 Å². The van der Waals surface area contributed by atoms with Crippen LogP contribution in [0.4, 0.5) is 5.82 Å². The van der Waals surface area contributed by atoms with Gasteiger partial charge in [-0.3, -0.25) is 14.9 Å². The number of aromatic nitrogens is 3. The van der Waals surface area contributed by atoms with Crippen molar-refractivity contribution in [2.75, 3.05) is 37.9 Å². The van der Waals surface area contributed by atoms with E-state index in [1.807, 2.05) is 29.2 Å². The van der Waals surface area contributed by atoms with E-state index in [9.17, 15) is 4.79 Å². The van der Waals surface area contributed by atoms with Gasteiger partial charge in [-0.1, -0.05) is 0 Å². The highest BCUT2D eigenvalue weighted by molar-refractivity contribution is 5.94. The zero-order chi connectivity index (χ0) is 19.6. The third-order valence-electron chi connectivity index (χ3n) is 5.28. The molecule has 5 rings (SSSR count). The number of amides is 1. The number of ether oxygens (including phenoxy) is 2. The Hall–Kier alpha value is -3.55. The number of hydrogen-bond donors (Lipinski definition) is 1. The topological polar surface area (TPSA) is 83.6 Å². The van der Waals surface area contributed by atoms with Crippen molar-refractivity contribution in [2.45, 2.75) is 6.42 Å². The van der Waals surface area contributed by atoms with Gasteiger partial charge >= 0.3 is 0 Å². The van der Waals surface area contributed by atoms with Crippen molar-refractivity contribution in [3.05, 3.63) is 54.4 Å². The quantitative estimate of drug-likeness (QED) is 0.739. The summed E-state index contributed by atoms with van der Waals surface area (Å²) in [4.78, 5) is 20.8. The number of rotatable bonds is 3. The molecule has 0 bridgehead atoms. The molecule has 0 saturated carbocycles. The van der Waals surface area contributed by atoms with Crippen LogP contribution < -0.4 is 14.4 Å². The number of nitrogens with one attached hydrogen (secondary N) is 1. The SMILES string of the molecule is O=C(c1ccncc1)N1CCCN(c2cc(-c3ccc4c(c3)OCO4)[nH]n2)CC1. The number of nitrogens with zero attached hydrogens (tertiary/aromatic N) is 4. The maximum absolute atomic E-state index is 12.7. The standard InChI is InChI=1S/C21H21N5O3/c27-21(15-4-6-22-7-5-15)26-9-1-8-25(10-11-26)20-13-17(23-24-20)16-2-3-18-19(12-16)29-14-28-18/h2-7,12-13H,1,8-11,14H2,(H,23,24). The van der Waals surface area contributed by atoms with Gasteiger partial charge in [-0.15, -0.1) is 0 Å². The van der Waals surface area contributed by atoms with Crippen molar-refractivity contribution < 1.29 is 14.3 Å². The average Bonchev–Trinajstić information content (AvgIpc) is 3.38. The number of pyridine rings is 1. The summed E-state index contributed by atoms with van der Waals surface area (Å²) in [6, 6.07) is 11.4. The zero-order valence-corrected chi connectivity index (χ0v) is 15.9. The van der Waals surface area contributed by atoms with Crippen molar-refractivity contribution in [3.63, 3.8) is 0 Å². The van der Waals surface area contributed by atoms with Crippen molar-refractivity contribution in [1.82, 2.24) is 20.1 Å². The molecule has 8 heteroatoms.